The fraction of sp³-hybridized carbons (Fsp3) is 0.583. The largest absolute Gasteiger partial charge is 0.481 e. The van der Waals surface area contributed by atoms with E-state index in [0.29, 0.717) is 5.13 Å². The smallest absolute Gasteiger partial charge is 0.323 e. The summed E-state index contributed by atoms with van der Waals surface area (Å²) in [6.45, 7) is 5.69. The van der Waals surface area contributed by atoms with E-state index in [1.165, 1.54) is 16.2 Å². The van der Waals surface area contributed by atoms with Crippen molar-refractivity contribution >= 4 is 28.5 Å². The molecule has 106 valence electrons. The highest BCUT2D eigenvalue weighted by Crippen LogP contribution is 2.22. The molecule has 0 aliphatic carbocycles. The Morgan fingerprint density at radius 3 is 2.63 bits per heavy atom. The molecule has 0 aromatic carbocycles. The number of hydrogen-bond donors (Lipinski definition) is 2. The van der Waals surface area contributed by atoms with Gasteiger partial charge >= 0.3 is 12.0 Å². The fourth-order valence-corrected chi connectivity index (χ4v) is 2.46. The second kappa shape index (κ2) is 6.51. The van der Waals surface area contributed by atoms with Gasteiger partial charge in [-0.25, -0.2) is 9.78 Å². The lowest BCUT2D eigenvalue weighted by atomic mass is 10.2. The number of carbonyl (C=O) groups excluding carboxylic acids is 1. The van der Waals surface area contributed by atoms with E-state index in [1.807, 2.05) is 13.8 Å². The van der Waals surface area contributed by atoms with Gasteiger partial charge in [0.25, 0.3) is 0 Å². The number of nitrogens with one attached hydrogen (secondary N) is 1. The summed E-state index contributed by atoms with van der Waals surface area (Å²) in [6, 6.07) is -0.343. The van der Waals surface area contributed by atoms with Crippen LogP contribution in [0.5, 0.6) is 0 Å². The van der Waals surface area contributed by atoms with Crippen LogP contribution in [0.15, 0.2) is 0 Å². The molecule has 0 bridgehead atoms. The highest BCUT2D eigenvalue weighted by Gasteiger charge is 2.18. The van der Waals surface area contributed by atoms with Crippen LogP contribution in [0.2, 0.25) is 0 Å². The zero-order valence-electron chi connectivity index (χ0n) is 11.6. The maximum absolute atomic E-state index is 11.9. The van der Waals surface area contributed by atoms with Crippen LogP contribution in [-0.2, 0) is 11.2 Å². The number of urea groups is 1. The fourth-order valence-electron chi connectivity index (χ4n) is 1.57. The van der Waals surface area contributed by atoms with Gasteiger partial charge in [-0.3, -0.25) is 10.1 Å². The van der Waals surface area contributed by atoms with Gasteiger partial charge in [-0.15, -0.1) is 11.3 Å². The summed E-state index contributed by atoms with van der Waals surface area (Å²) in [5, 5.41) is 12.0. The summed E-state index contributed by atoms with van der Waals surface area (Å²) in [7, 11) is 1.57. The molecule has 1 aromatic rings. The molecule has 1 atom stereocenters. The van der Waals surface area contributed by atoms with E-state index in [4.69, 9.17) is 5.11 Å². The molecule has 19 heavy (non-hydrogen) atoms. The van der Waals surface area contributed by atoms with Gasteiger partial charge in [0.05, 0.1) is 11.6 Å². The Morgan fingerprint density at radius 2 is 2.16 bits per heavy atom. The van der Waals surface area contributed by atoms with Crippen molar-refractivity contribution in [2.24, 2.45) is 5.92 Å². The van der Waals surface area contributed by atoms with Crippen molar-refractivity contribution in [3.63, 3.8) is 0 Å². The molecule has 2 N–H and O–H groups in total. The predicted molar refractivity (Wildman–Crippen MR) is 74.7 cm³/mol. The van der Waals surface area contributed by atoms with E-state index in [-0.39, 0.29) is 12.6 Å². The van der Waals surface area contributed by atoms with E-state index < -0.39 is 11.9 Å². The van der Waals surface area contributed by atoms with Gasteiger partial charge in [0.15, 0.2) is 5.13 Å². The van der Waals surface area contributed by atoms with Gasteiger partial charge in [-0.2, -0.15) is 0 Å². The monoisotopic (exact) mass is 285 g/mol. The normalized spacial score (nSPS) is 12.0. The van der Waals surface area contributed by atoms with Crippen molar-refractivity contribution in [3.8, 4) is 0 Å². The number of aromatic nitrogens is 1. The van der Waals surface area contributed by atoms with E-state index in [9.17, 15) is 9.59 Å². The highest BCUT2D eigenvalue weighted by atomic mass is 32.1. The lowest BCUT2D eigenvalue weighted by Crippen LogP contribution is -2.36. The molecule has 0 radical (unpaired) electrons. The lowest BCUT2D eigenvalue weighted by molar-refractivity contribution is -0.141. The second-order valence-electron chi connectivity index (χ2n) is 4.43. The summed E-state index contributed by atoms with van der Waals surface area (Å²) >= 11 is 1.42. The third kappa shape index (κ3) is 4.20. The van der Waals surface area contributed by atoms with E-state index in [0.717, 1.165) is 17.0 Å². The maximum Gasteiger partial charge on any atom is 0.323 e. The van der Waals surface area contributed by atoms with Crippen LogP contribution in [0, 0.1) is 12.8 Å². The number of nitrogens with zero attached hydrogens (tertiary/aromatic N) is 2. The van der Waals surface area contributed by atoms with Crippen molar-refractivity contribution in [1.29, 1.82) is 0 Å². The number of anilines is 1. The standard InChI is InChI=1S/C12H19N3O3S/c1-5-9-8(3)19-11(13-9)14-12(18)15(4)6-7(2)10(16)17/h7H,5-6H2,1-4H3,(H,16,17)(H,13,14,18). The molecule has 0 fully saturated rings. The Bertz CT molecular complexity index is 473. The maximum atomic E-state index is 11.9. The molecular formula is C12H19N3O3S. The van der Waals surface area contributed by atoms with Gasteiger partial charge < -0.3 is 10.0 Å². The Labute approximate surface area is 116 Å². The number of thiazole rings is 1. The number of rotatable bonds is 5. The van der Waals surface area contributed by atoms with Crippen LogP contribution in [0.1, 0.15) is 24.4 Å². The Hall–Kier alpha value is -1.63. The number of carboxylic acid groups (broad SMARTS) is 1. The molecular weight excluding hydrogens is 266 g/mol. The van der Waals surface area contributed by atoms with Crippen LogP contribution < -0.4 is 5.32 Å². The van der Waals surface area contributed by atoms with Gasteiger partial charge in [0.1, 0.15) is 0 Å². The third-order valence-electron chi connectivity index (χ3n) is 2.76. The predicted octanol–water partition coefficient (Wildman–Crippen LogP) is 2.20. The van der Waals surface area contributed by atoms with Gasteiger partial charge in [-0.1, -0.05) is 13.8 Å². The van der Waals surface area contributed by atoms with Crippen molar-refractivity contribution < 1.29 is 14.7 Å². The number of aryl methyl sites for hydroxylation is 2. The summed E-state index contributed by atoms with van der Waals surface area (Å²) in [6.07, 6.45) is 0.824. The molecule has 1 aromatic heterocycles. The molecule has 0 aliphatic rings. The minimum atomic E-state index is -0.919. The first-order valence-electron chi connectivity index (χ1n) is 6.06. The number of carbonyl (C=O) groups is 2. The summed E-state index contributed by atoms with van der Waals surface area (Å²) in [4.78, 5) is 29.3. The molecule has 0 saturated carbocycles. The molecule has 0 aliphatic heterocycles. The van der Waals surface area contributed by atoms with Gasteiger partial charge in [0.2, 0.25) is 0 Å². The number of amides is 2. The van der Waals surface area contributed by atoms with Crippen molar-refractivity contribution in [1.82, 2.24) is 9.88 Å². The summed E-state index contributed by atoms with van der Waals surface area (Å²) in [5.41, 5.74) is 0.974. The average molecular weight is 285 g/mol. The van der Waals surface area contributed by atoms with Crippen LogP contribution in [0.4, 0.5) is 9.93 Å². The van der Waals surface area contributed by atoms with E-state index >= 15 is 0 Å². The van der Waals surface area contributed by atoms with Crippen LogP contribution in [0.25, 0.3) is 0 Å². The van der Waals surface area contributed by atoms with Crippen molar-refractivity contribution in [3.05, 3.63) is 10.6 Å². The Morgan fingerprint density at radius 1 is 1.53 bits per heavy atom. The first-order chi connectivity index (χ1) is 8.85. The number of aliphatic carboxylic acids is 1. The number of carboxylic acids is 1. The Kier molecular flexibility index (Phi) is 5.29. The zero-order valence-corrected chi connectivity index (χ0v) is 12.4. The molecule has 0 saturated heterocycles. The van der Waals surface area contributed by atoms with Crippen molar-refractivity contribution in [2.75, 3.05) is 18.9 Å². The molecule has 0 spiro atoms. The first-order valence-corrected chi connectivity index (χ1v) is 6.88. The summed E-state index contributed by atoms with van der Waals surface area (Å²) in [5.74, 6) is -1.52. The molecule has 2 amide bonds. The van der Waals surface area contributed by atoms with Crippen LogP contribution >= 0.6 is 11.3 Å². The lowest BCUT2D eigenvalue weighted by Gasteiger charge is -2.19. The topological polar surface area (TPSA) is 82.5 Å². The van der Waals surface area contributed by atoms with E-state index in [2.05, 4.69) is 10.3 Å². The molecule has 7 heteroatoms. The molecule has 6 nitrogen and oxygen atoms in total. The third-order valence-corrected chi connectivity index (χ3v) is 3.69. The zero-order chi connectivity index (χ0) is 14.6. The van der Waals surface area contributed by atoms with Gasteiger partial charge in [0, 0.05) is 18.5 Å². The van der Waals surface area contributed by atoms with Crippen molar-refractivity contribution in [2.45, 2.75) is 27.2 Å². The highest BCUT2D eigenvalue weighted by molar-refractivity contribution is 7.15. The minimum Gasteiger partial charge on any atom is -0.481 e. The van der Waals surface area contributed by atoms with Crippen LogP contribution in [-0.4, -0.2) is 40.6 Å². The Balaban J connectivity index is 2.60. The average Bonchev–Trinajstić information content (AvgIpc) is 2.68. The first kappa shape index (κ1) is 15.4. The van der Waals surface area contributed by atoms with Gasteiger partial charge in [-0.05, 0) is 13.3 Å². The summed E-state index contributed by atoms with van der Waals surface area (Å²) < 4.78 is 0. The number of hydrogen-bond acceptors (Lipinski definition) is 4. The quantitative estimate of drug-likeness (QED) is 0.868. The molecule has 1 unspecified atom stereocenters. The molecule has 1 rings (SSSR count). The van der Waals surface area contributed by atoms with Crippen LogP contribution in [0.3, 0.4) is 0 Å². The molecule has 1 heterocycles. The minimum absolute atomic E-state index is 0.159. The van der Waals surface area contributed by atoms with E-state index in [1.54, 1.807) is 14.0 Å². The SMILES string of the molecule is CCc1nc(NC(=O)N(C)CC(C)C(=O)O)sc1C. The second-order valence-corrected chi connectivity index (χ2v) is 5.63.